The summed E-state index contributed by atoms with van der Waals surface area (Å²) >= 11 is 0.803. The molecule has 29 heavy (non-hydrogen) atoms. The molecule has 1 fully saturated rings. The zero-order valence-electron chi connectivity index (χ0n) is 16.0. The first-order chi connectivity index (χ1) is 13.8. The van der Waals surface area contributed by atoms with Crippen LogP contribution in [-0.4, -0.2) is 42.7 Å². The molecule has 3 N–H and O–H groups in total. The number of sulfone groups is 1. The van der Waals surface area contributed by atoms with E-state index in [1.165, 1.54) is 0 Å². The Morgan fingerprint density at radius 1 is 1.24 bits per heavy atom. The normalized spacial score (nSPS) is 14.7. The Morgan fingerprint density at radius 3 is 2.66 bits per heavy atom. The van der Waals surface area contributed by atoms with Crippen molar-refractivity contribution >= 4 is 43.8 Å². The fourth-order valence-electron chi connectivity index (χ4n) is 3.31. The molecule has 0 spiro atoms. The number of amides is 2. The van der Waals surface area contributed by atoms with Gasteiger partial charge in [0.1, 0.15) is 4.21 Å². The Bertz CT molecular complexity index is 1010. The minimum Gasteiger partial charge on any atom is -0.395 e. The first-order valence-electron chi connectivity index (χ1n) is 9.32. The number of anilines is 2. The summed E-state index contributed by atoms with van der Waals surface area (Å²) in [5.41, 5.74) is 1.82. The van der Waals surface area contributed by atoms with Gasteiger partial charge in [0.25, 0.3) is 0 Å². The van der Waals surface area contributed by atoms with Gasteiger partial charge in [0.15, 0.2) is 20.8 Å². The van der Waals surface area contributed by atoms with Gasteiger partial charge in [-0.1, -0.05) is 35.8 Å². The number of thiazole rings is 1. The van der Waals surface area contributed by atoms with E-state index in [1.54, 1.807) is 12.1 Å². The predicted molar refractivity (Wildman–Crippen MR) is 111 cm³/mol. The minimum atomic E-state index is -3.63. The molecular formula is C19H23N3O5S2. The van der Waals surface area contributed by atoms with Crippen LogP contribution in [0.25, 0.3) is 0 Å². The molecule has 1 aliphatic rings. The van der Waals surface area contributed by atoms with Crippen LogP contribution in [0.3, 0.4) is 0 Å². The average Bonchev–Trinajstić information content (AvgIpc) is 3.35. The largest absolute Gasteiger partial charge is 0.395 e. The number of carbonyl (C=O) groups is 2. The molecule has 2 amide bonds. The lowest BCUT2D eigenvalue weighted by atomic mass is 9.94. The second kappa shape index (κ2) is 9.02. The highest BCUT2D eigenvalue weighted by Gasteiger charge is 2.26. The molecule has 1 aromatic heterocycles. The van der Waals surface area contributed by atoms with E-state index in [0.29, 0.717) is 11.3 Å². The lowest BCUT2D eigenvalue weighted by molar-refractivity contribution is 0.0923. The van der Waals surface area contributed by atoms with Gasteiger partial charge in [-0.2, -0.15) is 0 Å². The van der Waals surface area contributed by atoms with Gasteiger partial charge in [0.05, 0.1) is 24.2 Å². The molecule has 1 saturated carbocycles. The standard InChI is InChI=1S/C19H23N3O5S2/c1-12-6-7-15(14(10-12)17(24)13-4-2-3-5-13)21-18(25)22-19-20-11-16(28-19)29(26,27)9-8-23/h6-7,10-11,13,23H,2-5,8-9H2,1H3,(H2,20,21,22,25). The highest BCUT2D eigenvalue weighted by Crippen LogP contribution is 2.31. The quantitative estimate of drug-likeness (QED) is 0.571. The molecule has 0 bridgehead atoms. The number of aromatic nitrogens is 1. The maximum Gasteiger partial charge on any atom is 0.325 e. The molecule has 1 aromatic carbocycles. The summed E-state index contributed by atoms with van der Waals surface area (Å²) in [5.74, 6) is -0.386. The Balaban J connectivity index is 1.73. The molecule has 1 aliphatic carbocycles. The lowest BCUT2D eigenvalue weighted by Crippen LogP contribution is -2.22. The van der Waals surface area contributed by atoms with E-state index in [-0.39, 0.29) is 21.0 Å². The third kappa shape index (κ3) is 5.20. The molecule has 0 aliphatic heterocycles. The molecule has 1 heterocycles. The second-order valence-electron chi connectivity index (χ2n) is 7.00. The Kier molecular flexibility index (Phi) is 6.66. The van der Waals surface area contributed by atoms with Crippen LogP contribution in [0.15, 0.2) is 28.6 Å². The molecule has 0 atom stereocenters. The highest BCUT2D eigenvalue weighted by molar-refractivity contribution is 7.93. The van der Waals surface area contributed by atoms with Crippen LogP contribution in [0, 0.1) is 12.8 Å². The van der Waals surface area contributed by atoms with E-state index >= 15 is 0 Å². The van der Waals surface area contributed by atoms with Crippen LogP contribution in [-0.2, 0) is 9.84 Å². The molecule has 0 saturated heterocycles. The number of benzene rings is 1. The third-order valence-corrected chi connectivity index (χ3v) is 7.94. The summed E-state index contributed by atoms with van der Waals surface area (Å²) in [5, 5.41) is 14.1. The number of aliphatic hydroxyl groups excluding tert-OH is 1. The molecule has 3 rings (SSSR count). The molecule has 2 aromatic rings. The summed E-state index contributed by atoms with van der Waals surface area (Å²) in [7, 11) is -3.63. The van der Waals surface area contributed by atoms with Crippen LogP contribution in [0.4, 0.5) is 15.6 Å². The van der Waals surface area contributed by atoms with Gasteiger partial charge in [-0.15, -0.1) is 0 Å². The van der Waals surface area contributed by atoms with E-state index in [4.69, 9.17) is 5.11 Å². The number of Topliss-reactive ketones (excluding diaryl/α,β-unsaturated/α-hetero) is 1. The second-order valence-corrected chi connectivity index (χ2v) is 10.4. The van der Waals surface area contributed by atoms with Gasteiger partial charge in [-0.3, -0.25) is 10.1 Å². The maximum absolute atomic E-state index is 12.9. The van der Waals surface area contributed by atoms with Gasteiger partial charge in [-0.05, 0) is 31.9 Å². The zero-order valence-corrected chi connectivity index (χ0v) is 17.6. The first kappa shape index (κ1) is 21.4. The van der Waals surface area contributed by atoms with E-state index in [9.17, 15) is 18.0 Å². The van der Waals surface area contributed by atoms with Gasteiger partial charge in [-0.25, -0.2) is 18.2 Å². The summed E-state index contributed by atoms with van der Waals surface area (Å²) in [6, 6.07) is 4.66. The van der Waals surface area contributed by atoms with Gasteiger partial charge < -0.3 is 10.4 Å². The fraction of sp³-hybridized carbons (Fsp3) is 0.421. The smallest absolute Gasteiger partial charge is 0.325 e. The first-order valence-corrected chi connectivity index (χ1v) is 11.8. The molecule has 0 unspecified atom stereocenters. The van der Waals surface area contributed by atoms with Crippen molar-refractivity contribution in [1.29, 1.82) is 0 Å². The predicted octanol–water partition coefficient (Wildman–Crippen LogP) is 3.23. The lowest BCUT2D eigenvalue weighted by Gasteiger charge is -2.14. The van der Waals surface area contributed by atoms with Crippen molar-refractivity contribution in [2.45, 2.75) is 36.8 Å². The van der Waals surface area contributed by atoms with E-state index in [2.05, 4.69) is 15.6 Å². The summed E-state index contributed by atoms with van der Waals surface area (Å²) in [6.45, 7) is 1.40. The minimum absolute atomic E-state index is 0.0151. The average molecular weight is 438 g/mol. The summed E-state index contributed by atoms with van der Waals surface area (Å²) < 4.78 is 23.9. The van der Waals surface area contributed by atoms with E-state index < -0.39 is 28.2 Å². The summed E-state index contributed by atoms with van der Waals surface area (Å²) in [4.78, 5) is 29.2. The van der Waals surface area contributed by atoms with Crippen molar-refractivity contribution in [3.8, 4) is 0 Å². The van der Waals surface area contributed by atoms with Crippen molar-refractivity contribution in [3.05, 3.63) is 35.5 Å². The number of hydrogen-bond donors (Lipinski definition) is 3. The van der Waals surface area contributed by atoms with Crippen molar-refractivity contribution in [1.82, 2.24) is 4.98 Å². The topological polar surface area (TPSA) is 125 Å². The monoisotopic (exact) mass is 437 g/mol. The van der Waals surface area contributed by atoms with Crippen LogP contribution in [0.2, 0.25) is 0 Å². The number of hydrogen-bond acceptors (Lipinski definition) is 7. The van der Waals surface area contributed by atoms with Crippen LogP contribution in [0.5, 0.6) is 0 Å². The van der Waals surface area contributed by atoms with Gasteiger partial charge in [0, 0.05) is 11.5 Å². The number of nitrogens with zero attached hydrogens (tertiary/aromatic N) is 1. The zero-order chi connectivity index (χ0) is 21.0. The van der Waals surface area contributed by atoms with Crippen LogP contribution >= 0.6 is 11.3 Å². The summed E-state index contributed by atoms with van der Waals surface area (Å²) in [6.07, 6.45) is 4.95. The number of urea groups is 1. The molecule has 8 nitrogen and oxygen atoms in total. The molecule has 10 heteroatoms. The SMILES string of the molecule is Cc1ccc(NC(=O)Nc2ncc(S(=O)(=O)CCO)s2)c(C(=O)C2CCCC2)c1. The molecule has 0 radical (unpaired) electrons. The number of rotatable bonds is 7. The van der Waals surface area contributed by atoms with Crippen molar-refractivity contribution in [2.24, 2.45) is 5.92 Å². The number of aryl methyl sites for hydroxylation is 1. The third-order valence-electron chi connectivity index (χ3n) is 4.79. The van der Waals surface area contributed by atoms with Crippen LogP contribution in [0.1, 0.15) is 41.6 Å². The molecule has 156 valence electrons. The number of aliphatic hydroxyl groups is 1. The fourth-order valence-corrected chi connectivity index (χ4v) is 5.51. The highest BCUT2D eigenvalue weighted by atomic mass is 32.2. The Hall–Kier alpha value is -2.30. The van der Waals surface area contributed by atoms with Gasteiger partial charge in [0.2, 0.25) is 0 Å². The number of nitrogens with one attached hydrogen (secondary N) is 2. The van der Waals surface area contributed by atoms with E-state index in [1.807, 2.05) is 13.0 Å². The molecular weight excluding hydrogens is 414 g/mol. The van der Waals surface area contributed by atoms with E-state index in [0.717, 1.165) is 48.8 Å². The van der Waals surface area contributed by atoms with Crippen molar-refractivity contribution in [3.63, 3.8) is 0 Å². The number of carbonyl (C=O) groups excluding carboxylic acids is 2. The van der Waals surface area contributed by atoms with Crippen molar-refractivity contribution < 1.29 is 23.1 Å². The number of ketones is 1. The maximum atomic E-state index is 12.9. The van der Waals surface area contributed by atoms with Crippen LogP contribution < -0.4 is 10.6 Å². The Morgan fingerprint density at radius 2 is 1.97 bits per heavy atom. The van der Waals surface area contributed by atoms with Gasteiger partial charge >= 0.3 is 6.03 Å². The Labute approximate surface area is 173 Å². The van der Waals surface area contributed by atoms with Crippen molar-refractivity contribution in [2.75, 3.05) is 23.0 Å².